The lowest BCUT2D eigenvalue weighted by Crippen LogP contribution is -2.16. The molecule has 0 atom stereocenters. The summed E-state index contributed by atoms with van der Waals surface area (Å²) in [5, 5.41) is 4.11. The number of nitrogens with zero attached hydrogens (tertiary/aromatic N) is 1. The van der Waals surface area contributed by atoms with Gasteiger partial charge in [-0.15, -0.1) is 0 Å². The SMILES string of the molecule is CC(C)(C)c1ccc(C(=O)O/N=C(\N)c2ccccc2Cl)cc1. The monoisotopic (exact) mass is 330 g/mol. The van der Waals surface area contributed by atoms with E-state index >= 15 is 0 Å². The molecular weight excluding hydrogens is 312 g/mol. The van der Waals surface area contributed by atoms with Crippen LogP contribution in [0.2, 0.25) is 5.02 Å². The Morgan fingerprint density at radius 2 is 1.70 bits per heavy atom. The van der Waals surface area contributed by atoms with Crippen molar-refractivity contribution < 1.29 is 9.63 Å². The first-order chi connectivity index (χ1) is 10.8. The Hall–Kier alpha value is -2.33. The predicted molar refractivity (Wildman–Crippen MR) is 92.7 cm³/mol. The average molecular weight is 331 g/mol. The summed E-state index contributed by atoms with van der Waals surface area (Å²) in [7, 11) is 0. The second-order valence-electron chi connectivity index (χ2n) is 6.16. The third-order valence-electron chi connectivity index (χ3n) is 3.36. The second-order valence-corrected chi connectivity index (χ2v) is 6.57. The molecule has 5 heteroatoms. The van der Waals surface area contributed by atoms with Crippen molar-refractivity contribution in [3.05, 3.63) is 70.2 Å². The molecule has 0 aromatic heterocycles. The zero-order chi connectivity index (χ0) is 17.0. The summed E-state index contributed by atoms with van der Waals surface area (Å²) in [6.07, 6.45) is 0. The van der Waals surface area contributed by atoms with Gasteiger partial charge in [-0.05, 0) is 35.2 Å². The lowest BCUT2D eigenvalue weighted by Gasteiger charge is -2.18. The summed E-state index contributed by atoms with van der Waals surface area (Å²) in [5.41, 5.74) is 7.88. The van der Waals surface area contributed by atoms with Crippen LogP contribution in [0.25, 0.3) is 0 Å². The molecule has 23 heavy (non-hydrogen) atoms. The van der Waals surface area contributed by atoms with Crippen molar-refractivity contribution >= 4 is 23.4 Å². The van der Waals surface area contributed by atoms with Gasteiger partial charge in [0.2, 0.25) is 0 Å². The highest BCUT2D eigenvalue weighted by molar-refractivity contribution is 6.34. The molecular formula is C18H19ClN2O2. The number of nitrogens with two attached hydrogens (primary N) is 1. The molecule has 0 saturated carbocycles. The van der Waals surface area contributed by atoms with Gasteiger partial charge in [-0.25, -0.2) is 4.79 Å². The van der Waals surface area contributed by atoms with Crippen molar-refractivity contribution in [3.63, 3.8) is 0 Å². The predicted octanol–water partition coefficient (Wildman–Crippen LogP) is 4.11. The maximum absolute atomic E-state index is 12.0. The largest absolute Gasteiger partial charge is 0.380 e. The van der Waals surface area contributed by atoms with Gasteiger partial charge in [-0.1, -0.05) is 61.8 Å². The van der Waals surface area contributed by atoms with E-state index in [4.69, 9.17) is 22.2 Å². The quantitative estimate of drug-likeness (QED) is 0.398. The van der Waals surface area contributed by atoms with Crippen molar-refractivity contribution in [1.29, 1.82) is 0 Å². The lowest BCUT2D eigenvalue weighted by molar-refractivity contribution is 0.0516. The summed E-state index contributed by atoms with van der Waals surface area (Å²) >= 11 is 6.01. The number of hydrogen-bond acceptors (Lipinski definition) is 3. The number of rotatable bonds is 3. The number of hydrogen-bond donors (Lipinski definition) is 1. The highest BCUT2D eigenvalue weighted by atomic mass is 35.5. The van der Waals surface area contributed by atoms with Crippen LogP contribution in [0.3, 0.4) is 0 Å². The molecule has 0 aliphatic rings. The molecule has 120 valence electrons. The third kappa shape index (κ3) is 4.33. The van der Waals surface area contributed by atoms with Crippen LogP contribution < -0.4 is 5.73 Å². The molecule has 0 fully saturated rings. The minimum absolute atomic E-state index is 0.0229. The van der Waals surface area contributed by atoms with Crippen LogP contribution in [-0.2, 0) is 10.3 Å². The maximum Gasteiger partial charge on any atom is 0.365 e. The van der Waals surface area contributed by atoms with Crippen molar-refractivity contribution in [3.8, 4) is 0 Å². The second kappa shape index (κ2) is 6.84. The Bertz CT molecular complexity index is 731. The van der Waals surface area contributed by atoms with Crippen molar-refractivity contribution in [2.45, 2.75) is 26.2 Å². The first-order valence-corrected chi connectivity index (χ1v) is 7.57. The van der Waals surface area contributed by atoms with E-state index in [1.807, 2.05) is 12.1 Å². The van der Waals surface area contributed by atoms with Gasteiger partial charge in [0.25, 0.3) is 0 Å². The molecule has 0 unspecified atom stereocenters. The van der Waals surface area contributed by atoms with Crippen LogP contribution in [0.15, 0.2) is 53.7 Å². The molecule has 4 nitrogen and oxygen atoms in total. The summed E-state index contributed by atoms with van der Waals surface area (Å²) in [4.78, 5) is 16.9. The molecule has 2 aromatic carbocycles. The lowest BCUT2D eigenvalue weighted by atomic mass is 9.87. The molecule has 0 radical (unpaired) electrons. The minimum Gasteiger partial charge on any atom is -0.380 e. The van der Waals surface area contributed by atoms with Crippen LogP contribution in [0.1, 0.15) is 42.3 Å². The fourth-order valence-electron chi connectivity index (χ4n) is 1.97. The first kappa shape index (κ1) is 17.0. The van der Waals surface area contributed by atoms with Crippen molar-refractivity contribution in [2.24, 2.45) is 10.9 Å². The summed E-state index contributed by atoms with van der Waals surface area (Å²) in [6.45, 7) is 6.32. The van der Waals surface area contributed by atoms with E-state index in [9.17, 15) is 4.79 Å². The van der Waals surface area contributed by atoms with Crippen molar-refractivity contribution in [1.82, 2.24) is 0 Å². The van der Waals surface area contributed by atoms with E-state index in [0.29, 0.717) is 16.1 Å². The van der Waals surface area contributed by atoms with Gasteiger partial charge in [0.05, 0.1) is 10.6 Å². The number of carbonyl (C=O) groups excluding carboxylic acids is 1. The smallest absolute Gasteiger partial charge is 0.365 e. The van der Waals surface area contributed by atoms with Gasteiger partial charge in [-0.3, -0.25) is 0 Å². The van der Waals surface area contributed by atoms with E-state index in [0.717, 1.165) is 5.56 Å². The molecule has 0 amide bonds. The molecule has 0 saturated heterocycles. The molecule has 2 aromatic rings. The van der Waals surface area contributed by atoms with E-state index in [1.165, 1.54) is 0 Å². The Kier molecular flexibility index (Phi) is 5.06. The van der Waals surface area contributed by atoms with Gasteiger partial charge >= 0.3 is 5.97 Å². The highest BCUT2D eigenvalue weighted by Gasteiger charge is 2.15. The summed E-state index contributed by atoms with van der Waals surface area (Å²) in [6, 6.07) is 14.2. The van der Waals surface area contributed by atoms with E-state index in [1.54, 1.807) is 36.4 Å². The summed E-state index contributed by atoms with van der Waals surface area (Å²) < 4.78 is 0. The van der Waals surface area contributed by atoms with Gasteiger partial charge < -0.3 is 10.6 Å². The van der Waals surface area contributed by atoms with E-state index < -0.39 is 5.97 Å². The fraction of sp³-hybridized carbons (Fsp3) is 0.222. The van der Waals surface area contributed by atoms with Crippen LogP contribution in [0.5, 0.6) is 0 Å². The van der Waals surface area contributed by atoms with Gasteiger partial charge in [0.15, 0.2) is 5.84 Å². The highest BCUT2D eigenvalue weighted by Crippen LogP contribution is 2.22. The summed E-state index contributed by atoms with van der Waals surface area (Å²) in [5.74, 6) is -0.518. The normalized spacial score (nSPS) is 12.1. The van der Waals surface area contributed by atoms with E-state index in [-0.39, 0.29) is 11.3 Å². The standard InChI is InChI=1S/C18H19ClN2O2/c1-18(2,3)13-10-8-12(9-11-13)17(22)23-21-16(20)14-6-4-5-7-15(14)19/h4-11H,1-3H3,(H2,20,21). The van der Waals surface area contributed by atoms with Crippen molar-refractivity contribution in [2.75, 3.05) is 0 Å². The molecule has 0 bridgehead atoms. The van der Waals surface area contributed by atoms with Crippen LogP contribution in [-0.4, -0.2) is 11.8 Å². The number of benzene rings is 2. The first-order valence-electron chi connectivity index (χ1n) is 7.19. The Balaban J connectivity index is 2.10. The molecule has 2 rings (SSSR count). The third-order valence-corrected chi connectivity index (χ3v) is 3.69. The molecule has 0 aliphatic heterocycles. The van der Waals surface area contributed by atoms with Crippen LogP contribution in [0, 0.1) is 0 Å². The zero-order valence-electron chi connectivity index (χ0n) is 13.3. The molecule has 2 N–H and O–H groups in total. The number of carbonyl (C=O) groups is 1. The minimum atomic E-state index is -0.569. The van der Waals surface area contributed by atoms with Gasteiger partial charge in [0, 0.05) is 5.56 Å². The Labute approximate surface area is 140 Å². The number of halogens is 1. The molecule has 0 aliphatic carbocycles. The van der Waals surface area contributed by atoms with Crippen LogP contribution in [0.4, 0.5) is 0 Å². The van der Waals surface area contributed by atoms with Gasteiger partial charge in [0.1, 0.15) is 0 Å². The maximum atomic E-state index is 12.0. The van der Waals surface area contributed by atoms with E-state index in [2.05, 4.69) is 25.9 Å². The fourth-order valence-corrected chi connectivity index (χ4v) is 2.20. The van der Waals surface area contributed by atoms with Crippen LogP contribution >= 0.6 is 11.6 Å². The topological polar surface area (TPSA) is 64.7 Å². The zero-order valence-corrected chi connectivity index (χ0v) is 14.1. The van der Waals surface area contributed by atoms with Gasteiger partial charge in [-0.2, -0.15) is 0 Å². The number of oxime groups is 1. The Morgan fingerprint density at radius 3 is 2.26 bits per heavy atom. The molecule has 0 spiro atoms. The Morgan fingerprint density at radius 1 is 1.09 bits per heavy atom. The average Bonchev–Trinajstić information content (AvgIpc) is 2.52. The molecule has 0 heterocycles. The number of amidine groups is 1.